The lowest BCUT2D eigenvalue weighted by Gasteiger charge is -2.03. The molecule has 98 valence electrons. The van der Waals surface area contributed by atoms with Crippen molar-refractivity contribution >= 4 is 27.8 Å². The number of carboxylic acids is 1. The zero-order chi connectivity index (χ0) is 13.6. The molecular formula is C10H12N2O4S2. The molecule has 0 unspecified atom stereocenters. The normalized spacial score (nSPS) is 11.1. The molecule has 3 N–H and O–H groups in total. The van der Waals surface area contributed by atoms with Gasteiger partial charge in [0.2, 0.25) is 10.0 Å². The van der Waals surface area contributed by atoms with Crippen LogP contribution in [0.3, 0.4) is 0 Å². The van der Waals surface area contributed by atoms with Gasteiger partial charge in [-0.25, -0.2) is 17.9 Å². The van der Waals surface area contributed by atoms with Crippen molar-refractivity contribution in [3.8, 4) is 12.3 Å². The topological polar surface area (TPSA) is 99.3 Å². The molecule has 1 rings (SSSR count). The fourth-order valence-electron chi connectivity index (χ4n) is 1.12. The Kier molecular flexibility index (Phi) is 5.27. The number of aromatic nitrogens is 1. The number of terminal acetylenes is 1. The van der Waals surface area contributed by atoms with Gasteiger partial charge in [-0.15, -0.1) is 18.2 Å². The van der Waals surface area contributed by atoms with Gasteiger partial charge in [0.25, 0.3) is 0 Å². The van der Waals surface area contributed by atoms with Crippen LogP contribution in [0.1, 0.15) is 10.5 Å². The molecule has 0 fully saturated rings. The maximum Gasteiger partial charge on any atom is 0.352 e. The quantitative estimate of drug-likeness (QED) is 0.497. The first kappa shape index (κ1) is 14.6. The molecule has 8 heteroatoms. The molecule has 0 saturated carbocycles. The van der Waals surface area contributed by atoms with Gasteiger partial charge in [0.05, 0.1) is 5.75 Å². The molecule has 0 amide bonds. The minimum atomic E-state index is -3.67. The van der Waals surface area contributed by atoms with E-state index in [0.717, 1.165) is 12.3 Å². The second-order valence-electron chi connectivity index (χ2n) is 3.21. The Morgan fingerprint density at radius 1 is 1.61 bits per heavy atom. The van der Waals surface area contributed by atoms with E-state index in [4.69, 9.17) is 11.5 Å². The van der Waals surface area contributed by atoms with Crippen molar-refractivity contribution in [1.29, 1.82) is 0 Å². The van der Waals surface area contributed by atoms with Crippen LogP contribution < -0.4 is 4.72 Å². The Morgan fingerprint density at radius 3 is 2.89 bits per heavy atom. The molecule has 18 heavy (non-hydrogen) atoms. The minimum absolute atomic E-state index is 0.0955. The van der Waals surface area contributed by atoms with Gasteiger partial charge in [-0.1, -0.05) is 5.92 Å². The summed E-state index contributed by atoms with van der Waals surface area (Å²) in [6.07, 6.45) is 6.19. The van der Waals surface area contributed by atoms with Crippen LogP contribution in [-0.4, -0.2) is 42.5 Å². The number of sulfonamides is 1. The van der Waals surface area contributed by atoms with Crippen molar-refractivity contribution in [2.45, 2.75) is 4.90 Å². The molecule has 0 radical (unpaired) electrons. The Morgan fingerprint density at radius 2 is 2.33 bits per heavy atom. The van der Waals surface area contributed by atoms with Crippen molar-refractivity contribution in [3.63, 3.8) is 0 Å². The van der Waals surface area contributed by atoms with Crippen molar-refractivity contribution in [2.24, 2.45) is 0 Å². The van der Waals surface area contributed by atoms with E-state index in [9.17, 15) is 13.2 Å². The first-order valence-electron chi connectivity index (χ1n) is 4.90. The highest BCUT2D eigenvalue weighted by molar-refractivity contribution is 7.99. The second kappa shape index (κ2) is 6.49. The summed E-state index contributed by atoms with van der Waals surface area (Å²) >= 11 is 1.43. The van der Waals surface area contributed by atoms with E-state index in [1.165, 1.54) is 11.8 Å². The van der Waals surface area contributed by atoms with Crippen LogP contribution in [0, 0.1) is 12.3 Å². The van der Waals surface area contributed by atoms with Crippen LogP contribution in [0.15, 0.2) is 17.2 Å². The Hall–Kier alpha value is -1.43. The molecule has 0 aliphatic heterocycles. The summed E-state index contributed by atoms with van der Waals surface area (Å²) in [5.74, 6) is 2.30. The Balaban J connectivity index is 2.58. The van der Waals surface area contributed by atoms with Gasteiger partial charge in [-0.05, 0) is 6.07 Å². The average molecular weight is 288 g/mol. The van der Waals surface area contributed by atoms with Gasteiger partial charge in [0.1, 0.15) is 10.6 Å². The standard InChI is InChI=1S/C10H12N2O4S2/c1-2-4-17-5-3-12-18(15,16)8-6-9(10(13)14)11-7-8/h1,6-7,11-12H,3-5H2,(H,13,14). The molecule has 0 atom stereocenters. The fourth-order valence-corrected chi connectivity index (χ4v) is 2.78. The monoisotopic (exact) mass is 288 g/mol. The molecular weight excluding hydrogens is 276 g/mol. The van der Waals surface area contributed by atoms with Gasteiger partial charge < -0.3 is 10.1 Å². The van der Waals surface area contributed by atoms with E-state index in [1.807, 2.05) is 0 Å². The van der Waals surface area contributed by atoms with Gasteiger partial charge in [0, 0.05) is 18.5 Å². The number of aromatic amines is 1. The fraction of sp³-hybridized carbons (Fsp3) is 0.300. The molecule has 1 heterocycles. The highest BCUT2D eigenvalue weighted by atomic mass is 32.2. The van der Waals surface area contributed by atoms with Crippen molar-refractivity contribution < 1.29 is 18.3 Å². The predicted octanol–water partition coefficient (Wildman–Crippen LogP) is 0.358. The molecule has 0 aliphatic carbocycles. The number of H-pyrrole nitrogens is 1. The van der Waals surface area contributed by atoms with Crippen LogP contribution in [0.5, 0.6) is 0 Å². The van der Waals surface area contributed by atoms with Crippen LogP contribution in [-0.2, 0) is 10.0 Å². The number of rotatable bonds is 7. The maximum absolute atomic E-state index is 11.7. The number of hydrogen-bond donors (Lipinski definition) is 3. The summed E-state index contributed by atoms with van der Waals surface area (Å²) in [4.78, 5) is 12.9. The minimum Gasteiger partial charge on any atom is -0.477 e. The first-order valence-corrected chi connectivity index (χ1v) is 7.54. The maximum atomic E-state index is 11.7. The first-order chi connectivity index (χ1) is 8.47. The zero-order valence-corrected chi connectivity index (χ0v) is 11.0. The Labute approximate surface area is 109 Å². The van der Waals surface area contributed by atoms with Crippen molar-refractivity contribution in [2.75, 3.05) is 18.1 Å². The summed E-state index contributed by atoms with van der Waals surface area (Å²) in [5.41, 5.74) is -0.169. The highest BCUT2D eigenvalue weighted by Gasteiger charge is 2.17. The lowest BCUT2D eigenvalue weighted by molar-refractivity contribution is 0.0691. The van der Waals surface area contributed by atoms with Crippen LogP contribution in [0.4, 0.5) is 0 Å². The summed E-state index contributed by atoms with van der Waals surface area (Å²) in [5, 5.41) is 8.67. The second-order valence-corrected chi connectivity index (χ2v) is 6.08. The lowest BCUT2D eigenvalue weighted by atomic mass is 10.4. The lowest BCUT2D eigenvalue weighted by Crippen LogP contribution is -2.25. The van der Waals surface area contributed by atoms with Gasteiger partial charge in [-0.3, -0.25) is 0 Å². The molecule has 0 saturated heterocycles. The summed E-state index contributed by atoms with van der Waals surface area (Å²) < 4.78 is 25.8. The summed E-state index contributed by atoms with van der Waals surface area (Å²) in [6.45, 7) is 0.238. The van der Waals surface area contributed by atoms with E-state index in [2.05, 4.69) is 15.6 Å². The summed E-state index contributed by atoms with van der Waals surface area (Å²) in [7, 11) is -3.67. The van der Waals surface area contributed by atoms with E-state index in [-0.39, 0.29) is 17.1 Å². The third-order valence-electron chi connectivity index (χ3n) is 1.92. The van der Waals surface area contributed by atoms with E-state index in [0.29, 0.717) is 11.5 Å². The summed E-state index contributed by atoms with van der Waals surface area (Å²) in [6, 6.07) is 1.07. The van der Waals surface area contributed by atoms with Crippen LogP contribution >= 0.6 is 11.8 Å². The average Bonchev–Trinajstić information content (AvgIpc) is 2.78. The Bertz CT molecular complexity index is 557. The van der Waals surface area contributed by atoms with Gasteiger partial charge >= 0.3 is 5.97 Å². The molecule has 1 aromatic heterocycles. The highest BCUT2D eigenvalue weighted by Crippen LogP contribution is 2.10. The third kappa shape index (κ3) is 4.10. The van der Waals surface area contributed by atoms with Crippen LogP contribution in [0.25, 0.3) is 0 Å². The van der Waals surface area contributed by atoms with Gasteiger partial charge in [-0.2, -0.15) is 0 Å². The predicted molar refractivity (Wildman–Crippen MR) is 69.1 cm³/mol. The number of carboxylic acid groups (broad SMARTS) is 1. The van der Waals surface area contributed by atoms with E-state index < -0.39 is 16.0 Å². The largest absolute Gasteiger partial charge is 0.477 e. The number of aromatic carboxylic acids is 1. The zero-order valence-electron chi connectivity index (χ0n) is 9.34. The van der Waals surface area contributed by atoms with Crippen molar-refractivity contribution in [3.05, 3.63) is 18.0 Å². The smallest absolute Gasteiger partial charge is 0.352 e. The molecule has 6 nitrogen and oxygen atoms in total. The molecule has 0 aromatic carbocycles. The molecule has 0 spiro atoms. The molecule has 0 bridgehead atoms. The number of hydrogen-bond acceptors (Lipinski definition) is 4. The number of nitrogens with one attached hydrogen (secondary N) is 2. The van der Waals surface area contributed by atoms with E-state index >= 15 is 0 Å². The van der Waals surface area contributed by atoms with Crippen molar-refractivity contribution in [1.82, 2.24) is 9.71 Å². The third-order valence-corrected chi connectivity index (χ3v) is 4.23. The molecule has 1 aromatic rings. The SMILES string of the molecule is C#CCSCCNS(=O)(=O)c1c[nH]c(C(=O)O)c1. The van der Waals surface area contributed by atoms with Gasteiger partial charge in [0.15, 0.2) is 0 Å². The van der Waals surface area contributed by atoms with Crippen LogP contribution in [0.2, 0.25) is 0 Å². The number of thioether (sulfide) groups is 1. The van der Waals surface area contributed by atoms with E-state index in [1.54, 1.807) is 0 Å². The number of carbonyl (C=O) groups is 1. The molecule has 0 aliphatic rings.